The van der Waals surface area contributed by atoms with Crippen molar-refractivity contribution in [3.8, 4) is 0 Å². The minimum atomic E-state index is -3.83. The Kier molecular flexibility index (Phi) is 5.58. The molecule has 1 aromatic carbocycles. The van der Waals surface area contributed by atoms with E-state index in [1.54, 1.807) is 0 Å². The zero-order valence-electron chi connectivity index (χ0n) is 10.5. The third-order valence-electron chi connectivity index (χ3n) is 2.68. The molecule has 1 rings (SSSR count). The van der Waals surface area contributed by atoms with Gasteiger partial charge in [-0.2, -0.15) is 8.42 Å². The average molecular weight is 272 g/mol. The molecule has 0 spiro atoms. The maximum atomic E-state index is 10.5. The van der Waals surface area contributed by atoms with Crippen molar-refractivity contribution in [3.63, 3.8) is 0 Å². The first-order valence-corrected chi connectivity index (χ1v) is 7.50. The third-order valence-corrected chi connectivity index (χ3v) is 3.49. The summed E-state index contributed by atoms with van der Waals surface area (Å²) in [7, 11) is -3.83. The molecule has 0 saturated carbocycles. The van der Waals surface area contributed by atoms with E-state index in [4.69, 9.17) is 10.3 Å². The van der Waals surface area contributed by atoms with Crippen LogP contribution in [0.3, 0.4) is 0 Å². The van der Waals surface area contributed by atoms with Crippen LogP contribution in [0.1, 0.15) is 17.5 Å². The fourth-order valence-corrected chi connectivity index (χ4v) is 2.14. The Hall–Kier alpha value is -1.11. The van der Waals surface area contributed by atoms with Gasteiger partial charge in [0.15, 0.2) is 0 Å². The number of anilines is 1. The number of nitrogens with one attached hydrogen (secondary N) is 1. The van der Waals surface area contributed by atoms with Gasteiger partial charge in [-0.1, -0.05) is 12.1 Å². The van der Waals surface area contributed by atoms with E-state index in [1.807, 2.05) is 19.1 Å². The Balaban J connectivity index is 2.20. The molecule has 4 N–H and O–H groups in total. The van der Waals surface area contributed by atoms with E-state index in [9.17, 15) is 8.42 Å². The van der Waals surface area contributed by atoms with Gasteiger partial charge in [-0.15, -0.1) is 0 Å². The lowest BCUT2D eigenvalue weighted by atomic mass is 10.1. The van der Waals surface area contributed by atoms with Crippen molar-refractivity contribution in [1.29, 1.82) is 0 Å². The lowest BCUT2D eigenvalue weighted by molar-refractivity contribution is 0.479. The van der Waals surface area contributed by atoms with Crippen molar-refractivity contribution in [3.05, 3.63) is 29.3 Å². The molecule has 0 aliphatic rings. The van der Waals surface area contributed by atoms with Crippen molar-refractivity contribution in [2.75, 3.05) is 24.6 Å². The average Bonchev–Trinajstić information content (AvgIpc) is 2.26. The number of hydrogen-bond donors (Lipinski definition) is 3. The van der Waals surface area contributed by atoms with Gasteiger partial charge in [-0.3, -0.25) is 4.55 Å². The van der Waals surface area contributed by atoms with E-state index in [0.29, 0.717) is 13.0 Å². The first-order chi connectivity index (χ1) is 8.38. The molecular formula is C12H20N2O3S. The molecule has 1 aromatic rings. The van der Waals surface area contributed by atoms with E-state index in [-0.39, 0.29) is 5.75 Å². The number of benzene rings is 1. The normalized spacial score (nSPS) is 11.7. The van der Waals surface area contributed by atoms with Crippen molar-refractivity contribution in [2.45, 2.75) is 19.8 Å². The third kappa shape index (κ3) is 6.00. The molecule has 0 radical (unpaired) electrons. The van der Waals surface area contributed by atoms with Gasteiger partial charge in [0, 0.05) is 5.69 Å². The zero-order valence-corrected chi connectivity index (χ0v) is 11.3. The fraction of sp³-hybridized carbons (Fsp3) is 0.500. The molecular weight excluding hydrogens is 252 g/mol. The van der Waals surface area contributed by atoms with Crippen LogP contribution in [0, 0.1) is 6.92 Å². The summed E-state index contributed by atoms with van der Waals surface area (Å²) in [6.07, 6.45) is 1.28. The second kappa shape index (κ2) is 6.72. The number of hydrogen-bond acceptors (Lipinski definition) is 4. The topological polar surface area (TPSA) is 92.4 Å². The number of nitrogen functional groups attached to an aromatic ring is 1. The standard InChI is InChI=1S/C12H20N2O3S/c1-10-9-11(3-4-12(10)13)5-7-14-6-2-8-18(15,16)17/h3-4,9,14H,2,5-8,13H2,1H3,(H,15,16,17). The van der Waals surface area contributed by atoms with Crippen LogP contribution in [-0.2, 0) is 16.5 Å². The first-order valence-electron chi connectivity index (χ1n) is 5.89. The fourth-order valence-electron chi connectivity index (χ4n) is 1.63. The molecule has 5 nitrogen and oxygen atoms in total. The lowest BCUT2D eigenvalue weighted by Gasteiger charge is -2.06. The quantitative estimate of drug-likeness (QED) is 0.391. The summed E-state index contributed by atoms with van der Waals surface area (Å²) in [6, 6.07) is 5.93. The Morgan fingerprint density at radius 2 is 2.06 bits per heavy atom. The molecule has 0 aliphatic carbocycles. The highest BCUT2D eigenvalue weighted by Gasteiger charge is 2.02. The van der Waals surface area contributed by atoms with Gasteiger partial charge in [0.1, 0.15) is 0 Å². The molecule has 102 valence electrons. The van der Waals surface area contributed by atoms with Gasteiger partial charge in [0.25, 0.3) is 10.1 Å². The van der Waals surface area contributed by atoms with Gasteiger partial charge in [-0.25, -0.2) is 0 Å². The summed E-state index contributed by atoms with van der Waals surface area (Å²) in [5.74, 6) is -0.193. The van der Waals surface area contributed by atoms with E-state index in [1.165, 1.54) is 5.56 Å². The predicted octanol–water partition coefficient (Wildman–Crippen LogP) is 0.987. The molecule has 0 unspecified atom stereocenters. The molecule has 0 amide bonds. The summed E-state index contributed by atoms with van der Waals surface area (Å²) in [5, 5.41) is 3.13. The highest BCUT2D eigenvalue weighted by Crippen LogP contribution is 2.12. The molecule has 6 heteroatoms. The van der Waals surface area contributed by atoms with Crippen LogP contribution in [0.5, 0.6) is 0 Å². The second-order valence-corrected chi connectivity index (χ2v) is 5.90. The number of aryl methyl sites for hydroxylation is 1. The Morgan fingerprint density at radius 3 is 2.67 bits per heavy atom. The van der Waals surface area contributed by atoms with Crippen LogP contribution in [0.25, 0.3) is 0 Å². The predicted molar refractivity (Wildman–Crippen MR) is 73.2 cm³/mol. The smallest absolute Gasteiger partial charge is 0.264 e. The van der Waals surface area contributed by atoms with Crippen molar-refractivity contribution < 1.29 is 13.0 Å². The molecule has 0 aliphatic heterocycles. The van der Waals surface area contributed by atoms with E-state index in [2.05, 4.69) is 11.4 Å². The van der Waals surface area contributed by atoms with Crippen LogP contribution < -0.4 is 11.1 Å². The molecule has 0 bridgehead atoms. The van der Waals surface area contributed by atoms with Gasteiger partial charge in [0.2, 0.25) is 0 Å². The van der Waals surface area contributed by atoms with Crippen LogP contribution in [0.4, 0.5) is 5.69 Å². The summed E-state index contributed by atoms with van der Waals surface area (Å²) in [6.45, 7) is 3.32. The van der Waals surface area contributed by atoms with Crippen LogP contribution in [0.2, 0.25) is 0 Å². The molecule has 18 heavy (non-hydrogen) atoms. The summed E-state index contributed by atoms with van der Waals surface area (Å²) in [4.78, 5) is 0. The first kappa shape index (κ1) is 14.9. The van der Waals surface area contributed by atoms with Crippen molar-refractivity contribution in [1.82, 2.24) is 5.32 Å². The lowest BCUT2D eigenvalue weighted by Crippen LogP contribution is -2.20. The summed E-state index contributed by atoms with van der Waals surface area (Å²) in [5.41, 5.74) is 8.79. The van der Waals surface area contributed by atoms with Crippen molar-refractivity contribution >= 4 is 15.8 Å². The van der Waals surface area contributed by atoms with E-state index >= 15 is 0 Å². The van der Waals surface area contributed by atoms with Gasteiger partial charge >= 0.3 is 0 Å². The Labute approximate surface area is 108 Å². The zero-order chi connectivity index (χ0) is 13.6. The van der Waals surface area contributed by atoms with E-state index in [0.717, 1.165) is 24.2 Å². The van der Waals surface area contributed by atoms with Crippen LogP contribution >= 0.6 is 0 Å². The van der Waals surface area contributed by atoms with Gasteiger partial charge in [0.05, 0.1) is 5.75 Å². The Bertz CT molecular complexity index is 486. The van der Waals surface area contributed by atoms with Crippen molar-refractivity contribution in [2.24, 2.45) is 0 Å². The minimum Gasteiger partial charge on any atom is -0.399 e. The maximum absolute atomic E-state index is 10.5. The largest absolute Gasteiger partial charge is 0.399 e. The number of rotatable bonds is 7. The van der Waals surface area contributed by atoms with Crippen LogP contribution in [0.15, 0.2) is 18.2 Å². The van der Waals surface area contributed by atoms with Gasteiger partial charge in [-0.05, 0) is 50.0 Å². The van der Waals surface area contributed by atoms with Gasteiger partial charge < -0.3 is 11.1 Å². The molecule has 0 fully saturated rings. The molecule has 0 atom stereocenters. The Morgan fingerprint density at radius 1 is 1.33 bits per heavy atom. The van der Waals surface area contributed by atoms with Crippen LogP contribution in [-0.4, -0.2) is 31.8 Å². The maximum Gasteiger partial charge on any atom is 0.264 e. The SMILES string of the molecule is Cc1cc(CCNCCCS(=O)(=O)O)ccc1N. The molecule has 0 heterocycles. The highest BCUT2D eigenvalue weighted by atomic mass is 32.2. The summed E-state index contributed by atoms with van der Waals surface area (Å²) >= 11 is 0. The highest BCUT2D eigenvalue weighted by molar-refractivity contribution is 7.85. The molecule has 0 saturated heterocycles. The van der Waals surface area contributed by atoms with E-state index < -0.39 is 10.1 Å². The molecule has 0 aromatic heterocycles. The number of nitrogens with two attached hydrogens (primary N) is 1. The second-order valence-electron chi connectivity index (χ2n) is 4.33. The minimum absolute atomic E-state index is 0.193. The summed E-state index contributed by atoms with van der Waals surface area (Å²) < 4.78 is 29.5. The monoisotopic (exact) mass is 272 g/mol.